The standard InChI is InChI=1S/C11H9NO3/c13-11(14)10-8-15-7-6-12(10)9-4-2-1-3-5-9/h1-8H,(H,13,14). The third-order valence-electron chi connectivity index (χ3n) is 1.98. The van der Waals surface area contributed by atoms with E-state index in [1.807, 2.05) is 30.3 Å². The van der Waals surface area contributed by atoms with Crippen LogP contribution >= 0.6 is 0 Å². The predicted molar refractivity (Wildman–Crippen MR) is 54.9 cm³/mol. The Hall–Kier alpha value is -2.23. The molecule has 0 atom stereocenters. The number of rotatable bonds is 2. The van der Waals surface area contributed by atoms with Gasteiger partial charge in [-0.2, -0.15) is 0 Å². The van der Waals surface area contributed by atoms with E-state index in [1.54, 1.807) is 11.1 Å². The Morgan fingerprint density at radius 3 is 2.67 bits per heavy atom. The second-order valence-corrected chi connectivity index (χ2v) is 2.94. The largest absolute Gasteiger partial charge is 0.476 e. The molecule has 0 saturated carbocycles. The van der Waals surface area contributed by atoms with Gasteiger partial charge >= 0.3 is 5.97 Å². The molecule has 0 saturated heterocycles. The fraction of sp³-hybridized carbons (Fsp3) is 0. The molecule has 0 aromatic heterocycles. The van der Waals surface area contributed by atoms with Crippen molar-refractivity contribution in [3.8, 4) is 0 Å². The van der Waals surface area contributed by atoms with Gasteiger partial charge in [0.1, 0.15) is 12.5 Å². The van der Waals surface area contributed by atoms with E-state index in [0.29, 0.717) is 0 Å². The van der Waals surface area contributed by atoms with E-state index in [4.69, 9.17) is 9.84 Å². The van der Waals surface area contributed by atoms with Crippen LogP contribution in [0.3, 0.4) is 0 Å². The average Bonchev–Trinajstić information content (AvgIpc) is 2.30. The highest BCUT2D eigenvalue weighted by Crippen LogP contribution is 2.21. The quantitative estimate of drug-likeness (QED) is 0.797. The SMILES string of the molecule is O=C(O)C1=COC=CN1c1ccccc1. The minimum absolute atomic E-state index is 0.0868. The minimum Gasteiger partial charge on any atom is -0.476 e. The Balaban J connectivity index is 2.35. The van der Waals surface area contributed by atoms with E-state index < -0.39 is 5.97 Å². The van der Waals surface area contributed by atoms with Crippen molar-refractivity contribution in [1.82, 2.24) is 0 Å². The van der Waals surface area contributed by atoms with Crippen LogP contribution in [0.2, 0.25) is 0 Å². The Labute approximate surface area is 86.7 Å². The van der Waals surface area contributed by atoms with Gasteiger partial charge in [-0.05, 0) is 12.1 Å². The number of carbonyl (C=O) groups is 1. The summed E-state index contributed by atoms with van der Waals surface area (Å²) >= 11 is 0. The van der Waals surface area contributed by atoms with Crippen LogP contribution in [-0.2, 0) is 9.53 Å². The van der Waals surface area contributed by atoms with Gasteiger partial charge < -0.3 is 14.7 Å². The second-order valence-electron chi connectivity index (χ2n) is 2.94. The van der Waals surface area contributed by atoms with Crippen molar-refractivity contribution < 1.29 is 14.6 Å². The molecule has 0 aliphatic carbocycles. The Kier molecular flexibility index (Phi) is 2.41. The van der Waals surface area contributed by atoms with Gasteiger partial charge in [0, 0.05) is 11.9 Å². The second kappa shape index (κ2) is 3.88. The topological polar surface area (TPSA) is 49.8 Å². The van der Waals surface area contributed by atoms with Gasteiger partial charge in [-0.15, -0.1) is 0 Å². The summed E-state index contributed by atoms with van der Waals surface area (Å²) < 4.78 is 4.83. The van der Waals surface area contributed by atoms with Gasteiger partial charge in [-0.25, -0.2) is 4.79 Å². The molecule has 1 N–H and O–H groups in total. The zero-order valence-corrected chi connectivity index (χ0v) is 7.83. The van der Waals surface area contributed by atoms with Crippen LogP contribution in [0, 0.1) is 0 Å². The number of hydrogen-bond acceptors (Lipinski definition) is 3. The molecule has 4 nitrogen and oxygen atoms in total. The molecule has 2 rings (SSSR count). The van der Waals surface area contributed by atoms with Crippen molar-refractivity contribution in [2.75, 3.05) is 4.90 Å². The maximum absolute atomic E-state index is 10.9. The molecule has 0 unspecified atom stereocenters. The monoisotopic (exact) mass is 203 g/mol. The normalized spacial score (nSPS) is 14.4. The lowest BCUT2D eigenvalue weighted by atomic mass is 10.2. The van der Waals surface area contributed by atoms with Crippen molar-refractivity contribution in [1.29, 1.82) is 0 Å². The zero-order chi connectivity index (χ0) is 10.7. The van der Waals surface area contributed by atoms with Crippen LogP contribution in [-0.4, -0.2) is 11.1 Å². The predicted octanol–water partition coefficient (Wildman–Crippen LogP) is 1.92. The van der Waals surface area contributed by atoms with E-state index in [-0.39, 0.29) is 5.70 Å². The number of nitrogens with zero attached hydrogens (tertiary/aromatic N) is 1. The highest BCUT2D eigenvalue weighted by atomic mass is 16.5. The molecule has 1 aliphatic rings. The van der Waals surface area contributed by atoms with Gasteiger partial charge in [0.15, 0.2) is 5.70 Å². The molecule has 76 valence electrons. The molecule has 0 amide bonds. The van der Waals surface area contributed by atoms with Crippen LogP contribution in [0.1, 0.15) is 0 Å². The van der Waals surface area contributed by atoms with Crippen LogP contribution in [0.15, 0.2) is 54.8 Å². The first-order chi connectivity index (χ1) is 7.29. The zero-order valence-electron chi connectivity index (χ0n) is 7.83. The number of carboxylic acids is 1. The van der Waals surface area contributed by atoms with Gasteiger partial charge in [-0.1, -0.05) is 18.2 Å². The lowest BCUT2D eigenvalue weighted by molar-refractivity contribution is -0.132. The third-order valence-corrected chi connectivity index (χ3v) is 1.98. The molecule has 0 radical (unpaired) electrons. The van der Waals surface area contributed by atoms with Gasteiger partial charge in [0.05, 0.1) is 0 Å². The Morgan fingerprint density at radius 1 is 1.27 bits per heavy atom. The van der Waals surface area contributed by atoms with Crippen molar-refractivity contribution in [2.24, 2.45) is 0 Å². The smallest absolute Gasteiger partial charge is 0.356 e. The number of hydrogen-bond donors (Lipinski definition) is 1. The van der Waals surface area contributed by atoms with Crippen molar-refractivity contribution >= 4 is 11.7 Å². The van der Waals surface area contributed by atoms with E-state index >= 15 is 0 Å². The molecule has 15 heavy (non-hydrogen) atoms. The maximum Gasteiger partial charge on any atom is 0.356 e. The summed E-state index contributed by atoms with van der Waals surface area (Å²) in [5.74, 6) is -1.02. The molecule has 0 fully saturated rings. The first-order valence-electron chi connectivity index (χ1n) is 4.39. The van der Waals surface area contributed by atoms with E-state index in [9.17, 15) is 4.79 Å². The summed E-state index contributed by atoms with van der Waals surface area (Å²) in [6, 6.07) is 9.22. The summed E-state index contributed by atoms with van der Waals surface area (Å²) in [6.45, 7) is 0. The molecule has 0 spiro atoms. The molecular weight excluding hydrogens is 194 g/mol. The molecule has 1 aromatic rings. The summed E-state index contributed by atoms with van der Waals surface area (Å²) in [4.78, 5) is 12.5. The minimum atomic E-state index is -1.02. The van der Waals surface area contributed by atoms with Crippen molar-refractivity contribution in [3.63, 3.8) is 0 Å². The van der Waals surface area contributed by atoms with Crippen LogP contribution in [0.5, 0.6) is 0 Å². The van der Waals surface area contributed by atoms with Gasteiger partial charge in [-0.3, -0.25) is 0 Å². The van der Waals surface area contributed by atoms with Crippen molar-refractivity contribution in [3.05, 3.63) is 54.8 Å². The number of benzene rings is 1. The average molecular weight is 203 g/mol. The molecule has 1 aromatic carbocycles. The molecule has 4 heteroatoms. The third kappa shape index (κ3) is 1.83. The fourth-order valence-electron chi connectivity index (χ4n) is 1.30. The van der Waals surface area contributed by atoms with Crippen LogP contribution in [0.4, 0.5) is 5.69 Å². The maximum atomic E-state index is 10.9. The van der Waals surface area contributed by atoms with Crippen LogP contribution in [0.25, 0.3) is 0 Å². The molecule has 1 heterocycles. The molecular formula is C11H9NO3. The van der Waals surface area contributed by atoms with Gasteiger partial charge in [0.25, 0.3) is 0 Å². The highest BCUT2D eigenvalue weighted by Gasteiger charge is 2.18. The number of anilines is 1. The first kappa shape index (κ1) is 9.33. The summed E-state index contributed by atoms with van der Waals surface area (Å²) in [5.41, 5.74) is 0.870. The number of ether oxygens (including phenoxy) is 1. The van der Waals surface area contributed by atoms with Gasteiger partial charge in [0.2, 0.25) is 0 Å². The van der Waals surface area contributed by atoms with E-state index in [0.717, 1.165) is 5.69 Å². The molecule has 1 aliphatic heterocycles. The summed E-state index contributed by atoms with van der Waals surface area (Å²) in [5, 5.41) is 8.95. The Bertz CT molecular complexity index is 423. The number of carboxylic acid groups (broad SMARTS) is 1. The Morgan fingerprint density at radius 2 is 2.00 bits per heavy atom. The lowest BCUT2D eigenvalue weighted by Gasteiger charge is -2.22. The highest BCUT2D eigenvalue weighted by molar-refractivity contribution is 5.91. The molecule has 0 bridgehead atoms. The van der Waals surface area contributed by atoms with Crippen LogP contribution < -0.4 is 4.90 Å². The summed E-state index contributed by atoms with van der Waals surface area (Å²) in [7, 11) is 0. The van der Waals surface area contributed by atoms with E-state index in [1.165, 1.54) is 12.5 Å². The first-order valence-corrected chi connectivity index (χ1v) is 4.39. The van der Waals surface area contributed by atoms with Crippen molar-refractivity contribution in [2.45, 2.75) is 0 Å². The fourth-order valence-corrected chi connectivity index (χ4v) is 1.30. The van der Waals surface area contributed by atoms with E-state index in [2.05, 4.69) is 0 Å². The lowest BCUT2D eigenvalue weighted by Crippen LogP contribution is -2.23. The number of para-hydroxylation sites is 1. The summed E-state index contributed by atoms with van der Waals surface area (Å²) in [6.07, 6.45) is 4.20. The number of aliphatic carboxylic acids is 1.